The Bertz CT molecular complexity index is 351. The first-order valence-electron chi connectivity index (χ1n) is 5.46. The standard InChI is InChI=1S/C12H16BrNO2/c1-14-7-6-12(15-8-9-16-12)10-4-2-3-5-11(10)13/h2-5,14H,6-9H2,1H3. The minimum atomic E-state index is -0.580. The van der Waals surface area contributed by atoms with Gasteiger partial charge in [-0.2, -0.15) is 0 Å². The summed E-state index contributed by atoms with van der Waals surface area (Å²) in [6, 6.07) is 8.06. The number of ether oxygens (including phenoxy) is 2. The predicted molar refractivity (Wildman–Crippen MR) is 66.3 cm³/mol. The molecule has 0 spiro atoms. The van der Waals surface area contributed by atoms with E-state index in [-0.39, 0.29) is 0 Å². The van der Waals surface area contributed by atoms with Gasteiger partial charge in [0.2, 0.25) is 0 Å². The summed E-state index contributed by atoms with van der Waals surface area (Å²) in [6.45, 7) is 2.18. The van der Waals surface area contributed by atoms with Crippen LogP contribution in [0.4, 0.5) is 0 Å². The summed E-state index contributed by atoms with van der Waals surface area (Å²) in [6.07, 6.45) is 0.812. The molecule has 0 bridgehead atoms. The molecule has 0 radical (unpaired) electrons. The largest absolute Gasteiger partial charge is 0.343 e. The van der Waals surface area contributed by atoms with Gasteiger partial charge in [0, 0.05) is 23.0 Å². The van der Waals surface area contributed by atoms with Crippen molar-refractivity contribution in [3.8, 4) is 0 Å². The lowest BCUT2D eigenvalue weighted by molar-refractivity contribution is -0.170. The summed E-state index contributed by atoms with van der Waals surface area (Å²) in [5.74, 6) is -0.580. The topological polar surface area (TPSA) is 30.5 Å². The van der Waals surface area contributed by atoms with Gasteiger partial charge in [0.25, 0.3) is 0 Å². The minimum Gasteiger partial charge on any atom is -0.343 e. The van der Waals surface area contributed by atoms with Crippen molar-refractivity contribution in [2.45, 2.75) is 12.2 Å². The summed E-state index contributed by atoms with van der Waals surface area (Å²) in [4.78, 5) is 0. The summed E-state index contributed by atoms with van der Waals surface area (Å²) in [5, 5.41) is 3.13. The maximum Gasteiger partial charge on any atom is 0.197 e. The number of benzene rings is 1. The first kappa shape index (κ1) is 12.0. The third-order valence-corrected chi connectivity index (χ3v) is 3.43. The lowest BCUT2D eigenvalue weighted by Gasteiger charge is -2.28. The van der Waals surface area contributed by atoms with Crippen molar-refractivity contribution in [2.75, 3.05) is 26.8 Å². The van der Waals surface area contributed by atoms with Gasteiger partial charge in [0.05, 0.1) is 13.2 Å². The fourth-order valence-electron chi connectivity index (χ4n) is 1.95. The van der Waals surface area contributed by atoms with E-state index in [1.54, 1.807) is 0 Å². The van der Waals surface area contributed by atoms with Gasteiger partial charge in [-0.05, 0) is 13.1 Å². The van der Waals surface area contributed by atoms with E-state index in [0.29, 0.717) is 13.2 Å². The lowest BCUT2D eigenvalue weighted by Crippen LogP contribution is -2.31. The van der Waals surface area contributed by atoms with Gasteiger partial charge in [-0.3, -0.25) is 0 Å². The average Bonchev–Trinajstić information content (AvgIpc) is 2.77. The van der Waals surface area contributed by atoms with E-state index >= 15 is 0 Å². The van der Waals surface area contributed by atoms with Gasteiger partial charge in [0.1, 0.15) is 0 Å². The third-order valence-electron chi connectivity index (χ3n) is 2.74. The van der Waals surface area contributed by atoms with Crippen LogP contribution in [-0.4, -0.2) is 26.8 Å². The molecular weight excluding hydrogens is 270 g/mol. The van der Waals surface area contributed by atoms with Gasteiger partial charge in [-0.25, -0.2) is 0 Å². The maximum atomic E-state index is 5.82. The molecular formula is C12H16BrNO2. The van der Waals surface area contributed by atoms with E-state index in [0.717, 1.165) is 23.0 Å². The van der Waals surface area contributed by atoms with E-state index in [2.05, 4.69) is 21.2 Å². The molecule has 0 aromatic heterocycles. The van der Waals surface area contributed by atoms with E-state index in [4.69, 9.17) is 9.47 Å². The molecule has 4 heteroatoms. The van der Waals surface area contributed by atoms with Crippen molar-refractivity contribution in [1.82, 2.24) is 5.32 Å². The van der Waals surface area contributed by atoms with E-state index in [1.807, 2.05) is 31.3 Å². The third kappa shape index (κ3) is 2.30. The maximum absolute atomic E-state index is 5.82. The van der Waals surface area contributed by atoms with Crippen LogP contribution in [0.5, 0.6) is 0 Å². The molecule has 0 unspecified atom stereocenters. The quantitative estimate of drug-likeness (QED) is 0.921. The van der Waals surface area contributed by atoms with Crippen molar-refractivity contribution in [1.29, 1.82) is 0 Å². The van der Waals surface area contributed by atoms with Crippen LogP contribution in [0.15, 0.2) is 28.7 Å². The summed E-state index contributed by atoms with van der Waals surface area (Å²) >= 11 is 3.55. The zero-order valence-corrected chi connectivity index (χ0v) is 10.9. The SMILES string of the molecule is CNCCC1(c2ccccc2Br)OCCO1. The highest BCUT2D eigenvalue weighted by molar-refractivity contribution is 9.10. The highest BCUT2D eigenvalue weighted by atomic mass is 79.9. The average molecular weight is 286 g/mol. The van der Waals surface area contributed by atoms with Crippen LogP contribution in [0.2, 0.25) is 0 Å². The van der Waals surface area contributed by atoms with Crippen LogP contribution in [0.25, 0.3) is 0 Å². The monoisotopic (exact) mass is 285 g/mol. The van der Waals surface area contributed by atoms with Gasteiger partial charge in [-0.15, -0.1) is 0 Å². The molecule has 1 N–H and O–H groups in total. The second kappa shape index (κ2) is 5.27. The number of hydrogen-bond acceptors (Lipinski definition) is 3. The second-order valence-corrected chi connectivity index (χ2v) is 4.64. The second-order valence-electron chi connectivity index (χ2n) is 3.78. The Hall–Kier alpha value is -0.420. The van der Waals surface area contributed by atoms with Crippen molar-refractivity contribution in [2.24, 2.45) is 0 Å². The van der Waals surface area contributed by atoms with Crippen molar-refractivity contribution < 1.29 is 9.47 Å². The fourth-order valence-corrected chi connectivity index (χ4v) is 2.54. The Kier molecular flexibility index (Phi) is 3.97. The molecule has 1 heterocycles. The van der Waals surface area contributed by atoms with Gasteiger partial charge < -0.3 is 14.8 Å². The van der Waals surface area contributed by atoms with Crippen molar-refractivity contribution in [3.05, 3.63) is 34.3 Å². The van der Waals surface area contributed by atoms with Crippen molar-refractivity contribution >= 4 is 15.9 Å². The van der Waals surface area contributed by atoms with Crippen LogP contribution in [-0.2, 0) is 15.3 Å². The molecule has 1 fully saturated rings. The van der Waals surface area contributed by atoms with Crippen LogP contribution in [0.1, 0.15) is 12.0 Å². The molecule has 3 nitrogen and oxygen atoms in total. The Labute approximate surface area is 104 Å². The normalized spacial score (nSPS) is 18.9. The first-order valence-corrected chi connectivity index (χ1v) is 6.25. The summed E-state index contributed by atoms with van der Waals surface area (Å²) in [5.41, 5.74) is 1.07. The molecule has 0 aliphatic carbocycles. The molecule has 0 atom stereocenters. The van der Waals surface area contributed by atoms with Gasteiger partial charge in [-0.1, -0.05) is 34.1 Å². The zero-order valence-electron chi connectivity index (χ0n) is 9.33. The van der Waals surface area contributed by atoms with Crippen LogP contribution < -0.4 is 5.32 Å². The molecule has 16 heavy (non-hydrogen) atoms. The molecule has 1 saturated heterocycles. The molecule has 2 rings (SSSR count). The minimum absolute atomic E-state index is 0.580. The Morgan fingerprint density at radius 2 is 2.00 bits per heavy atom. The molecule has 0 saturated carbocycles. The smallest absolute Gasteiger partial charge is 0.197 e. The lowest BCUT2D eigenvalue weighted by atomic mass is 10.0. The molecule has 0 amide bonds. The number of rotatable bonds is 4. The van der Waals surface area contributed by atoms with E-state index in [1.165, 1.54) is 0 Å². The Balaban J connectivity index is 2.28. The molecule has 1 aliphatic heterocycles. The highest BCUT2D eigenvalue weighted by Crippen LogP contribution is 2.38. The first-order chi connectivity index (χ1) is 7.78. The van der Waals surface area contributed by atoms with Crippen molar-refractivity contribution in [3.63, 3.8) is 0 Å². The Morgan fingerprint density at radius 1 is 1.31 bits per heavy atom. The number of nitrogens with one attached hydrogen (secondary N) is 1. The van der Waals surface area contributed by atoms with Crippen LogP contribution >= 0.6 is 15.9 Å². The van der Waals surface area contributed by atoms with E-state index < -0.39 is 5.79 Å². The van der Waals surface area contributed by atoms with Gasteiger partial charge in [0.15, 0.2) is 5.79 Å². The summed E-state index contributed by atoms with van der Waals surface area (Å²) in [7, 11) is 1.93. The Morgan fingerprint density at radius 3 is 2.62 bits per heavy atom. The number of halogens is 1. The molecule has 1 aromatic rings. The highest BCUT2D eigenvalue weighted by Gasteiger charge is 2.39. The number of hydrogen-bond donors (Lipinski definition) is 1. The van der Waals surface area contributed by atoms with E-state index in [9.17, 15) is 0 Å². The van der Waals surface area contributed by atoms with Gasteiger partial charge >= 0.3 is 0 Å². The molecule has 1 aliphatic rings. The summed E-state index contributed by atoms with van der Waals surface area (Å²) < 4.78 is 12.7. The fraction of sp³-hybridized carbons (Fsp3) is 0.500. The van der Waals surface area contributed by atoms with Crippen LogP contribution in [0, 0.1) is 0 Å². The molecule has 1 aromatic carbocycles. The molecule has 88 valence electrons. The van der Waals surface area contributed by atoms with Crippen LogP contribution in [0.3, 0.4) is 0 Å². The predicted octanol–water partition coefficient (Wildman–Crippen LogP) is 2.26. The zero-order chi connectivity index (χ0) is 11.4.